The number of halogens is 1. The van der Waals surface area contributed by atoms with Gasteiger partial charge in [0.15, 0.2) is 16.4 Å². The lowest BCUT2D eigenvalue weighted by atomic mass is 10.2. The molecule has 1 amide bonds. The van der Waals surface area contributed by atoms with E-state index in [0.717, 1.165) is 17.1 Å². The van der Waals surface area contributed by atoms with Crippen molar-refractivity contribution in [3.05, 3.63) is 40.7 Å². The van der Waals surface area contributed by atoms with Gasteiger partial charge in [0.05, 0.1) is 34.6 Å². The van der Waals surface area contributed by atoms with E-state index in [2.05, 4.69) is 10.00 Å². The Kier molecular flexibility index (Phi) is 6.16. The monoisotopic (exact) mass is 466 g/mol. The van der Waals surface area contributed by atoms with Crippen LogP contribution in [-0.4, -0.2) is 73.3 Å². The van der Waals surface area contributed by atoms with Gasteiger partial charge in [0, 0.05) is 31.2 Å². The number of rotatable bonds is 5. The minimum Gasteiger partial charge on any atom is -0.484 e. The van der Waals surface area contributed by atoms with E-state index in [9.17, 15) is 13.2 Å². The van der Waals surface area contributed by atoms with E-state index < -0.39 is 9.84 Å². The van der Waals surface area contributed by atoms with E-state index in [1.807, 2.05) is 23.4 Å². The number of hydrogen-bond acceptors (Lipinski definition) is 6. The Morgan fingerprint density at radius 3 is 2.45 bits per heavy atom. The van der Waals surface area contributed by atoms with Crippen molar-refractivity contribution < 1.29 is 17.9 Å². The number of piperazine rings is 1. The zero-order valence-corrected chi connectivity index (χ0v) is 19.3. The molecule has 4 rings (SSSR count). The fraction of sp³-hybridized carbons (Fsp3) is 0.524. The van der Waals surface area contributed by atoms with Crippen molar-refractivity contribution in [3.63, 3.8) is 0 Å². The van der Waals surface area contributed by atoms with E-state index in [1.54, 1.807) is 24.3 Å². The topological polar surface area (TPSA) is 84.7 Å². The summed E-state index contributed by atoms with van der Waals surface area (Å²) in [4.78, 5) is 16.6. The number of ether oxygens (including phenoxy) is 1. The first kappa shape index (κ1) is 22.0. The summed E-state index contributed by atoms with van der Waals surface area (Å²) in [7, 11) is -2.97. The molecule has 1 atom stereocenters. The molecule has 2 aliphatic heterocycles. The third-order valence-electron chi connectivity index (χ3n) is 5.97. The third-order valence-corrected chi connectivity index (χ3v) is 7.97. The van der Waals surface area contributed by atoms with Gasteiger partial charge in [-0.15, -0.1) is 0 Å². The van der Waals surface area contributed by atoms with Crippen LogP contribution < -0.4 is 9.64 Å². The average molecular weight is 467 g/mol. The largest absolute Gasteiger partial charge is 0.484 e. The van der Waals surface area contributed by atoms with Gasteiger partial charge < -0.3 is 14.5 Å². The molecule has 1 aromatic heterocycles. The molecule has 0 spiro atoms. The molecular formula is C21H27ClN4O4S. The van der Waals surface area contributed by atoms with Gasteiger partial charge >= 0.3 is 0 Å². The number of hydrogen-bond donors (Lipinski definition) is 0. The van der Waals surface area contributed by atoms with E-state index >= 15 is 0 Å². The summed E-state index contributed by atoms with van der Waals surface area (Å²) in [6.07, 6.45) is 0.611. The second kappa shape index (κ2) is 8.70. The molecule has 168 valence electrons. The molecule has 2 saturated heterocycles. The number of anilines is 1. The van der Waals surface area contributed by atoms with Gasteiger partial charge in [-0.05, 0) is 44.5 Å². The van der Waals surface area contributed by atoms with Crippen LogP contribution in [0.15, 0.2) is 24.3 Å². The third kappa shape index (κ3) is 4.82. The summed E-state index contributed by atoms with van der Waals surface area (Å²) in [5.74, 6) is 0.952. The molecule has 1 unspecified atom stereocenters. The fourth-order valence-corrected chi connectivity index (χ4v) is 6.20. The number of sulfone groups is 1. The second-order valence-electron chi connectivity index (χ2n) is 8.13. The molecule has 3 heterocycles. The summed E-state index contributed by atoms with van der Waals surface area (Å²) in [6, 6.07) is 6.85. The van der Waals surface area contributed by atoms with Gasteiger partial charge in [-0.2, -0.15) is 5.10 Å². The molecule has 2 fully saturated rings. The van der Waals surface area contributed by atoms with Gasteiger partial charge in [0.1, 0.15) is 5.75 Å². The number of carbonyl (C=O) groups excluding carboxylic acids is 1. The molecule has 2 aliphatic rings. The maximum atomic E-state index is 12.5. The van der Waals surface area contributed by atoms with Crippen LogP contribution in [0.1, 0.15) is 23.9 Å². The van der Waals surface area contributed by atoms with Crippen molar-refractivity contribution in [1.29, 1.82) is 0 Å². The molecule has 10 heteroatoms. The highest BCUT2D eigenvalue weighted by Gasteiger charge is 2.33. The van der Waals surface area contributed by atoms with Crippen LogP contribution >= 0.6 is 11.6 Å². The first-order chi connectivity index (χ1) is 14.7. The quantitative estimate of drug-likeness (QED) is 0.671. The molecule has 0 radical (unpaired) electrons. The van der Waals surface area contributed by atoms with Gasteiger partial charge in [-0.25, -0.2) is 8.42 Å². The van der Waals surface area contributed by atoms with E-state index in [-0.39, 0.29) is 30.1 Å². The zero-order valence-electron chi connectivity index (χ0n) is 17.8. The Morgan fingerprint density at radius 2 is 1.84 bits per heavy atom. The molecular weight excluding hydrogens is 440 g/mol. The zero-order chi connectivity index (χ0) is 22.2. The Bertz CT molecular complexity index is 1060. The highest BCUT2D eigenvalue weighted by atomic mass is 35.5. The van der Waals surface area contributed by atoms with Crippen molar-refractivity contribution in [2.45, 2.75) is 26.3 Å². The highest BCUT2D eigenvalue weighted by Crippen LogP contribution is 2.31. The van der Waals surface area contributed by atoms with Crippen LogP contribution in [0.2, 0.25) is 5.02 Å². The van der Waals surface area contributed by atoms with Crippen molar-refractivity contribution in [3.8, 4) is 5.75 Å². The molecule has 0 saturated carbocycles. The van der Waals surface area contributed by atoms with Crippen molar-refractivity contribution in [1.82, 2.24) is 14.7 Å². The summed E-state index contributed by atoms with van der Waals surface area (Å²) < 4.78 is 31.2. The highest BCUT2D eigenvalue weighted by molar-refractivity contribution is 7.91. The average Bonchev–Trinajstić information content (AvgIpc) is 3.25. The van der Waals surface area contributed by atoms with Crippen molar-refractivity contribution >= 4 is 33.0 Å². The van der Waals surface area contributed by atoms with E-state index in [4.69, 9.17) is 16.3 Å². The second-order valence-corrected chi connectivity index (χ2v) is 10.8. The first-order valence-electron chi connectivity index (χ1n) is 10.4. The molecule has 8 nitrogen and oxygen atoms in total. The number of aromatic nitrogens is 2. The van der Waals surface area contributed by atoms with Gasteiger partial charge in [0.25, 0.3) is 5.91 Å². The van der Waals surface area contributed by atoms with Crippen LogP contribution in [0.25, 0.3) is 0 Å². The van der Waals surface area contributed by atoms with Crippen LogP contribution in [0.4, 0.5) is 5.69 Å². The van der Waals surface area contributed by atoms with E-state index in [1.165, 1.54) is 0 Å². The Balaban J connectivity index is 1.35. The summed E-state index contributed by atoms with van der Waals surface area (Å²) >= 11 is 5.87. The predicted molar refractivity (Wildman–Crippen MR) is 120 cm³/mol. The first-order valence-corrected chi connectivity index (χ1v) is 12.6. The molecule has 1 aromatic carbocycles. The van der Waals surface area contributed by atoms with Crippen LogP contribution in [0.3, 0.4) is 0 Å². The Labute approximate surface area is 187 Å². The number of carbonyl (C=O) groups is 1. The number of benzene rings is 1. The lowest BCUT2D eigenvalue weighted by Gasteiger charge is -2.36. The van der Waals surface area contributed by atoms with Crippen LogP contribution in [0.5, 0.6) is 5.75 Å². The summed E-state index contributed by atoms with van der Waals surface area (Å²) in [5.41, 5.74) is 2.94. The standard InChI is InChI=1S/C21H27ClN4O4S/c1-15-21(16(2)26(23-15)18-7-12-31(28,29)14-18)25-10-8-24(9-11-25)20(27)13-30-19-5-3-17(22)4-6-19/h3-6,18H,7-14H2,1-2H3. The maximum Gasteiger partial charge on any atom is 0.260 e. The summed E-state index contributed by atoms with van der Waals surface area (Å²) in [6.45, 7) is 6.55. The van der Waals surface area contributed by atoms with Gasteiger partial charge in [-0.3, -0.25) is 9.48 Å². The lowest BCUT2D eigenvalue weighted by molar-refractivity contribution is -0.133. The van der Waals surface area contributed by atoms with E-state index in [0.29, 0.717) is 43.4 Å². The van der Waals surface area contributed by atoms with Crippen molar-refractivity contribution in [2.24, 2.45) is 0 Å². The smallest absolute Gasteiger partial charge is 0.260 e. The van der Waals surface area contributed by atoms with Gasteiger partial charge in [-0.1, -0.05) is 11.6 Å². The molecule has 0 aliphatic carbocycles. The number of aryl methyl sites for hydroxylation is 1. The summed E-state index contributed by atoms with van der Waals surface area (Å²) in [5, 5.41) is 5.28. The fourth-order valence-electron chi connectivity index (χ4n) is 4.38. The molecule has 0 N–H and O–H groups in total. The minimum atomic E-state index is -2.97. The predicted octanol–water partition coefficient (Wildman–Crippen LogP) is 2.24. The van der Waals surface area contributed by atoms with Gasteiger partial charge in [0.2, 0.25) is 0 Å². The number of nitrogens with zero attached hydrogens (tertiary/aromatic N) is 4. The minimum absolute atomic E-state index is 0.00618. The molecule has 0 bridgehead atoms. The SMILES string of the molecule is Cc1nn(C2CCS(=O)(=O)C2)c(C)c1N1CCN(C(=O)COc2ccc(Cl)cc2)CC1. The van der Waals surface area contributed by atoms with Crippen LogP contribution in [0, 0.1) is 13.8 Å². The Hall–Kier alpha value is -2.26. The van der Waals surface area contributed by atoms with Crippen molar-refractivity contribution in [2.75, 3.05) is 49.2 Å². The normalized spacial score (nSPS) is 20.8. The number of amides is 1. The lowest BCUT2D eigenvalue weighted by Crippen LogP contribution is -2.50. The maximum absolute atomic E-state index is 12.5. The van der Waals surface area contributed by atoms with Crippen LogP contribution in [-0.2, 0) is 14.6 Å². The molecule has 2 aromatic rings. The molecule has 31 heavy (non-hydrogen) atoms. The Morgan fingerprint density at radius 1 is 1.16 bits per heavy atom.